The molecule has 1 unspecified atom stereocenters. The second-order valence-corrected chi connectivity index (χ2v) is 7.83. The quantitative estimate of drug-likeness (QED) is 0.470. The Kier molecular flexibility index (Phi) is 3.81. The number of rotatable bonds is 3. The van der Waals surface area contributed by atoms with Gasteiger partial charge in [-0.25, -0.2) is 9.03 Å². The number of nitrogen functional groups attached to an aromatic ring is 1. The van der Waals surface area contributed by atoms with E-state index in [1.807, 2.05) is 48.7 Å². The smallest absolute Gasteiger partial charge is 0.284 e. The van der Waals surface area contributed by atoms with E-state index in [0.717, 1.165) is 24.2 Å². The van der Waals surface area contributed by atoms with Gasteiger partial charge in [0.15, 0.2) is 11.6 Å². The van der Waals surface area contributed by atoms with Gasteiger partial charge in [0.2, 0.25) is 5.95 Å². The molecule has 1 saturated heterocycles. The van der Waals surface area contributed by atoms with Gasteiger partial charge >= 0.3 is 0 Å². The molecule has 0 bridgehead atoms. The van der Waals surface area contributed by atoms with Crippen LogP contribution in [0.2, 0.25) is 5.02 Å². The van der Waals surface area contributed by atoms with Gasteiger partial charge in [0, 0.05) is 18.9 Å². The third-order valence-corrected chi connectivity index (χ3v) is 5.96. The molecular weight excluding hydrogens is 416 g/mol. The van der Waals surface area contributed by atoms with Crippen LogP contribution in [-0.2, 0) is 0 Å². The zero-order valence-corrected chi connectivity index (χ0v) is 17.0. The fraction of sp³-hybridized carbons (Fsp3) is 0.143. The molecule has 0 saturated carbocycles. The van der Waals surface area contributed by atoms with E-state index in [1.165, 1.54) is 0 Å². The molecule has 2 N–H and O–H groups in total. The van der Waals surface area contributed by atoms with Crippen LogP contribution in [0, 0.1) is 0 Å². The minimum Gasteiger partial charge on any atom is -0.366 e. The lowest BCUT2D eigenvalue weighted by Crippen LogP contribution is -2.45. The number of nitrogens with two attached hydrogens (primary N) is 1. The maximum Gasteiger partial charge on any atom is 0.284 e. The third kappa shape index (κ3) is 2.63. The number of hydrogen-bond acceptors (Lipinski definition) is 6. The van der Waals surface area contributed by atoms with E-state index >= 15 is 0 Å². The highest BCUT2D eigenvalue weighted by Gasteiger charge is 2.36. The molecule has 0 radical (unpaired) electrons. The van der Waals surface area contributed by atoms with Crippen molar-refractivity contribution in [2.75, 3.05) is 17.2 Å². The normalized spacial score (nSPS) is 16.2. The zero-order valence-electron chi connectivity index (χ0n) is 16.3. The largest absolute Gasteiger partial charge is 0.366 e. The lowest BCUT2D eigenvalue weighted by molar-refractivity contribution is 0.423. The Morgan fingerprint density at radius 3 is 2.61 bits per heavy atom. The van der Waals surface area contributed by atoms with Crippen molar-refractivity contribution >= 4 is 34.4 Å². The standard InChI is InChI=1S/C21H17ClN8O/c22-14-8-12-29-17(14)20(31)30(13-5-2-1-3-6-13)19(25-29)15-9-11-27(15)18-16-7-4-10-28(16)26-21(23)24-18/h1-8,10,12,15H,9,11H2,(H2,23,26). The van der Waals surface area contributed by atoms with E-state index in [4.69, 9.17) is 22.4 Å². The van der Waals surface area contributed by atoms with Crippen molar-refractivity contribution in [1.29, 1.82) is 0 Å². The van der Waals surface area contributed by atoms with E-state index in [-0.39, 0.29) is 17.5 Å². The third-order valence-electron chi connectivity index (χ3n) is 5.65. The molecule has 6 rings (SSSR count). The average molecular weight is 433 g/mol. The topological polar surface area (TPSA) is 98.8 Å². The highest BCUT2D eigenvalue weighted by molar-refractivity contribution is 6.33. The van der Waals surface area contributed by atoms with Crippen molar-refractivity contribution in [3.05, 3.63) is 82.1 Å². The first-order valence-electron chi connectivity index (χ1n) is 9.84. The van der Waals surface area contributed by atoms with Crippen LogP contribution < -0.4 is 16.2 Å². The molecule has 31 heavy (non-hydrogen) atoms. The molecule has 9 nitrogen and oxygen atoms in total. The molecule has 4 aromatic heterocycles. The number of para-hydroxylation sites is 1. The van der Waals surface area contributed by atoms with Gasteiger partial charge in [-0.3, -0.25) is 9.36 Å². The molecule has 10 heteroatoms. The average Bonchev–Trinajstić information content (AvgIpc) is 3.35. The molecule has 1 atom stereocenters. The van der Waals surface area contributed by atoms with Crippen LogP contribution in [0.5, 0.6) is 0 Å². The predicted molar refractivity (Wildman–Crippen MR) is 118 cm³/mol. The second-order valence-electron chi connectivity index (χ2n) is 7.42. The first kappa shape index (κ1) is 18.0. The van der Waals surface area contributed by atoms with Crippen molar-refractivity contribution in [3.8, 4) is 5.69 Å². The SMILES string of the molecule is Nc1nc(N2CCC2c2nn3ccc(Cl)c3c(=O)n2-c2ccccc2)c2cccn2n1. The summed E-state index contributed by atoms with van der Waals surface area (Å²) in [5, 5.41) is 9.39. The van der Waals surface area contributed by atoms with Crippen molar-refractivity contribution in [1.82, 2.24) is 28.8 Å². The zero-order chi connectivity index (χ0) is 21.1. The fourth-order valence-electron chi connectivity index (χ4n) is 4.15. The molecular formula is C21H17ClN8O. The Bertz CT molecular complexity index is 1500. The van der Waals surface area contributed by atoms with Crippen molar-refractivity contribution in [2.24, 2.45) is 0 Å². The molecule has 0 amide bonds. The van der Waals surface area contributed by atoms with Gasteiger partial charge in [-0.05, 0) is 36.8 Å². The highest BCUT2D eigenvalue weighted by atomic mass is 35.5. The molecule has 154 valence electrons. The van der Waals surface area contributed by atoms with Crippen LogP contribution in [-0.4, -0.2) is 35.3 Å². The number of halogens is 1. The summed E-state index contributed by atoms with van der Waals surface area (Å²) >= 11 is 6.29. The monoisotopic (exact) mass is 432 g/mol. The Labute approximate surface area is 180 Å². The minimum absolute atomic E-state index is 0.161. The molecule has 1 aliphatic rings. The van der Waals surface area contributed by atoms with Crippen LogP contribution in [0.25, 0.3) is 16.7 Å². The first-order chi connectivity index (χ1) is 15.1. The van der Waals surface area contributed by atoms with Crippen molar-refractivity contribution < 1.29 is 0 Å². The molecule has 1 aromatic carbocycles. The van der Waals surface area contributed by atoms with Gasteiger partial charge in [0.25, 0.3) is 5.56 Å². The fourth-order valence-corrected chi connectivity index (χ4v) is 4.37. The summed E-state index contributed by atoms with van der Waals surface area (Å²) in [5.41, 5.74) is 7.66. The number of hydrogen-bond donors (Lipinski definition) is 1. The van der Waals surface area contributed by atoms with Gasteiger partial charge in [-0.15, -0.1) is 5.10 Å². The van der Waals surface area contributed by atoms with E-state index in [2.05, 4.69) is 15.0 Å². The summed E-state index contributed by atoms with van der Waals surface area (Å²) in [5.74, 6) is 1.52. The predicted octanol–water partition coefficient (Wildman–Crippen LogP) is 2.71. The summed E-state index contributed by atoms with van der Waals surface area (Å²) in [7, 11) is 0. The summed E-state index contributed by atoms with van der Waals surface area (Å²) < 4.78 is 4.90. The maximum atomic E-state index is 13.5. The Balaban J connectivity index is 1.58. The Morgan fingerprint density at radius 2 is 1.84 bits per heavy atom. The number of benzene rings is 1. The van der Waals surface area contributed by atoms with Crippen molar-refractivity contribution in [2.45, 2.75) is 12.5 Å². The van der Waals surface area contributed by atoms with Crippen LogP contribution in [0.3, 0.4) is 0 Å². The van der Waals surface area contributed by atoms with Crippen molar-refractivity contribution in [3.63, 3.8) is 0 Å². The second kappa shape index (κ2) is 6.58. The molecule has 0 spiro atoms. The summed E-state index contributed by atoms with van der Waals surface area (Å²) in [4.78, 5) is 20.1. The highest BCUT2D eigenvalue weighted by Crippen LogP contribution is 2.38. The van der Waals surface area contributed by atoms with Gasteiger partial charge in [0.05, 0.1) is 16.8 Å². The van der Waals surface area contributed by atoms with E-state index in [9.17, 15) is 4.79 Å². The Morgan fingerprint density at radius 1 is 1.00 bits per heavy atom. The lowest BCUT2D eigenvalue weighted by atomic mass is 10.0. The van der Waals surface area contributed by atoms with E-state index in [1.54, 1.807) is 25.9 Å². The maximum absolute atomic E-state index is 13.5. The number of aromatic nitrogens is 6. The molecule has 5 aromatic rings. The van der Waals surface area contributed by atoms with Gasteiger partial charge in [0.1, 0.15) is 11.0 Å². The molecule has 0 aliphatic carbocycles. The van der Waals surface area contributed by atoms with Crippen LogP contribution >= 0.6 is 11.6 Å². The number of fused-ring (bicyclic) bond motifs is 2. The minimum atomic E-state index is -0.215. The van der Waals surface area contributed by atoms with Crippen LogP contribution in [0.1, 0.15) is 18.3 Å². The van der Waals surface area contributed by atoms with Gasteiger partial charge in [-0.2, -0.15) is 10.1 Å². The molecule has 1 fully saturated rings. The number of nitrogens with zero attached hydrogens (tertiary/aromatic N) is 7. The summed E-state index contributed by atoms with van der Waals surface area (Å²) in [6.07, 6.45) is 4.35. The van der Waals surface area contributed by atoms with Gasteiger partial charge in [-0.1, -0.05) is 29.8 Å². The number of anilines is 2. The van der Waals surface area contributed by atoms with Crippen LogP contribution in [0.15, 0.2) is 65.7 Å². The molecule has 1 aliphatic heterocycles. The Hall–Kier alpha value is -3.85. The van der Waals surface area contributed by atoms with E-state index < -0.39 is 0 Å². The lowest BCUT2D eigenvalue weighted by Gasteiger charge is -2.42. The first-order valence-corrected chi connectivity index (χ1v) is 10.2. The van der Waals surface area contributed by atoms with E-state index in [0.29, 0.717) is 22.2 Å². The summed E-state index contributed by atoms with van der Waals surface area (Å²) in [6, 6.07) is 14.8. The summed E-state index contributed by atoms with van der Waals surface area (Å²) in [6.45, 7) is 0.761. The van der Waals surface area contributed by atoms with Gasteiger partial charge < -0.3 is 10.6 Å². The molecule has 5 heterocycles. The van der Waals surface area contributed by atoms with Crippen LogP contribution in [0.4, 0.5) is 11.8 Å².